The summed E-state index contributed by atoms with van der Waals surface area (Å²) in [4.78, 5) is 15.3. The lowest BCUT2D eigenvalue weighted by Gasteiger charge is -2.30. The summed E-state index contributed by atoms with van der Waals surface area (Å²) < 4.78 is 32.7. The topological polar surface area (TPSA) is 66.9 Å². The number of hydrogen-bond donors (Lipinski definition) is 0. The Morgan fingerprint density at radius 3 is 2.32 bits per heavy atom. The van der Waals surface area contributed by atoms with Crippen molar-refractivity contribution >= 4 is 15.9 Å². The Balaban J connectivity index is 1.49. The molecule has 31 heavy (non-hydrogen) atoms. The van der Waals surface area contributed by atoms with Crippen LogP contribution >= 0.6 is 0 Å². The number of methoxy groups -OCH3 is 1. The minimum absolute atomic E-state index is 0.0612. The summed E-state index contributed by atoms with van der Waals surface area (Å²) in [5.74, 6) is 1.09. The standard InChI is InChI=1S/C24H30N2O4S/c1-18-4-3-15-25(16-18)31(28,29)23-13-7-20(8-14-23)24(27)26(21-9-10-21)17-19-5-11-22(30-2)12-6-19/h5-8,11-14,18,21H,3-4,9-10,15-17H2,1-2H3. The van der Waals surface area contributed by atoms with Gasteiger partial charge in [0.2, 0.25) is 10.0 Å². The van der Waals surface area contributed by atoms with E-state index in [4.69, 9.17) is 4.74 Å². The van der Waals surface area contributed by atoms with Crippen LogP contribution in [0.2, 0.25) is 0 Å². The van der Waals surface area contributed by atoms with Gasteiger partial charge in [0.15, 0.2) is 0 Å². The van der Waals surface area contributed by atoms with Crippen LogP contribution in [0.4, 0.5) is 0 Å². The van der Waals surface area contributed by atoms with Crippen LogP contribution in [0.1, 0.15) is 48.5 Å². The molecule has 0 aromatic heterocycles. The predicted octanol–water partition coefficient (Wildman–Crippen LogP) is 3.92. The van der Waals surface area contributed by atoms with Crippen LogP contribution in [0.3, 0.4) is 0 Å². The van der Waals surface area contributed by atoms with E-state index in [0.29, 0.717) is 31.1 Å². The molecular formula is C24H30N2O4S. The third-order valence-corrected chi connectivity index (χ3v) is 8.00. The quantitative estimate of drug-likeness (QED) is 0.652. The Labute approximate surface area is 184 Å². The van der Waals surface area contributed by atoms with Crippen molar-refractivity contribution in [2.45, 2.75) is 50.1 Å². The van der Waals surface area contributed by atoms with Gasteiger partial charge in [-0.3, -0.25) is 4.79 Å². The van der Waals surface area contributed by atoms with E-state index in [2.05, 4.69) is 6.92 Å². The van der Waals surface area contributed by atoms with Gasteiger partial charge in [0.05, 0.1) is 12.0 Å². The number of sulfonamides is 1. The van der Waals surface area contributed by atoms with Crippen LogP contribution in [0.15, 0.2) is 53.4 Å². The van der Waals surface area contributed by atoms with Gasteiger partial charge in [-0.1, -0.05) is 19.1 Å². The van der Waals surface area contributed by atoms with Crippen LogP contribution < -0.4 is 4.74 Å². The van der Waals surface area contributed by atoms with Gasteiger partial charge >= 0.3 is 0 Å². The van der Waals surface area contributed by atoms with Crippen molar-refractivity contribution in [3.63, 3.8) is 0 Å². The van der Waals surface area contributed by atoms with E-state index in [1.165, 1.54) is 0 Å². The monoisotopic (exact) mass is 442 g/mol. The molecule has 2 aromatic rings. The molecule has 1 amide bonds. The molecular weight excluding hydrogens is 412 g/mol. The number of rotatable bonds is 7. The van der Waals surface area contributed by atoms with Gasteiger partial charge in [0, 0.05) is 31.2 Å². The Kier molecular flexibility index (Phi) is 6.34. The second-order valence-electron chi connectivity index (χ2n) is 8.65. The first kappa shape index (κ1) is 21.8. The fraction of sp³-hybridized carbons (Fsp3) is 0.458. The SMILES string of the molecule is COc1ccc(CN(C(=O)c2ccc(S(=O)(=O)N3CCCC(C)C3)cc2)C2CC2)cc1. The van der Waals surface area contributed by atoms with Crippen molar-refractivity contribution in [3.8, 4) is 5.75 Å². The van der Waals surface area contributed by atoms with Gasteiger partial charge in [0.25, 0.3) is 5.91 Å². The first-order valence-corrected chi connectivity index (χ1v) is 12.4. The van der Waals surface area contributed by atoms with Crippen LogP contribution in [0.25, 0.3) is 0 Å². The zero-order valence-corrected chi connectivity index (χ0v) is 19.0. The fourth-order valence-corrected chi connectivity index (χ4v) is 5.73. The summed E-state index contributed by atoms with van der Waals surface area (Å²) in [7, 11) is -1.89. The van der Waals surface area contributed by atoms with Crippen molar-refractivity contribution < 1.29 is 17.9 Å². The van der Waals surface area contributed by atoms with Gasteiger partial charge < -0.3 is 9.64 Å². The Hall–Kier alpha value is -2.38. The van der Waals surface area contributed by atoms with Crippen LogP contribution in [0.5, 0.6) is 5.75 Å². The van der Waals surface area contributed by atoms with Gasteiger partial charge in [-0.25, -0.2) is 8.42 Å². The molecule has 1 saturated heterocycles. The van der Waals surface area contributed by atoms with Gasteiger partial charge in [-0.05, 0) is 73.6 Å². The Morgan fingerprint density at radius 1 is 1.06 bits per heavy atom. The minimum Gasteiger partial charge on any atom is -0.497 e. The van der Waals surface area contributed by atoms with Crippen LogP contribution in [-0.4, -0.2) is 49.8 Å². The normalized spacial score (nSPS) is 19.7. The molecule has 1 heterocycles. The molecule has 0 radical (unpaired) electrons. The predicted molar refractivity (Wildman–Crippen MR) is 119 cm³/mol. The molecule has 7 heteroatoms. The highest BCUT2D eigenvalue weighted by Crippen LogP contribution is 2.31. The number of piperidine rings is 1. The summed E-state index contributed by atoms with van der Waals surface area (Å²) in [5.41, 5.74) is 1.56. The smallest absolute Gasteiger partial charge is 0.254 e. The van der Waals surface area contributed by atoms with Crippen molar-refractivity contribution in [1.29, 1.82) is 0 Å². The molecule has 0 bridgehead atoms. The summed E-state index contributed by atoms with van der Waals surface area (Å²) in [6.07, 6.45) is 3.95. The summed E-state index contributed by atoms with van der Waals surface area (Å²) in [6, 6.07) is 14.4. The molecule has 2 fully saturated rings. The van der Waals surface area contributed by atoms with Gasteiger partial charge in [-0.15, -0.1) is 0 Å². The first-order valence-electron chi connectivity index (χ1n) is 10.9. The molecule has 2 aliphatic rings. The maximum Gasteiger partial charge on any atom is 0.254 e. The number of carbonyl (C=O) groups is 1. The molecule has 6 nitrogen and oxygen atoms in total. The molecule has 1 saturated carbocycles. The number of amides is 1. The van der Waals surface area contributed by atoms with Crippen molar-refractivity contribution in [3.05, 3.63) is 59.7 Å². The third-order valence-electron chi connectivity index (χ3n) is 6.12. The molecule has 0 N–H and O–H groups in total. The fourth-order valence-electron chi connectivity index (χ4n) is 4.13. The van der Waals surface area contributed by atoms with E-state index < -0.39 is 10.0 Å². The third kappa shape index (κ3) is 4.93. The zero-order chi connectivity index (χ0) is 22.0. The lowest BCUT2D eigenvalue weighted by Crippen LogP contribution is -2.39. The van der Waals surface area contributed by atoms with E-state index in [-0.39, 0.29) is 16.8 Å². The van der Waals surface area contributed by atoms with Crippen LogP contribution in [-0.2, 0) is 16.6 Å². The summed E-state index contributed by atoms with van der Waals surface area (Å²) >= 11 is 0. The molecule has 1 atom stereocenters. The lowest BCUT2D eigenvalue weighted by atomic mass is 10.0. The molecule has 0 spiro atoms. The van der Waals surface area contributed by atoms with E-state index in [0.717, 1.165) is 37.0 Å². The van der Waals surface area contributed by atoms with E-state index in [1.807, 2.05) is 29.2 Å². The Bertz CT molecular complexity index is 1010. The average Bonchev–Trinajstić information content (AvgIpc) is 3.63. The van der Waals surface area contributed by atoms with Crippen molar-refractivity contribution in [1.82, 2.24) is 9.21 Å². The van der Waals surface area contributed by atoms with Crippen molar-refractivity contribution in [2.24, 2.45) is 5.92 Å². The molecule has 166 valence electrons. The lowest BCUT2D eigenvalue weighted by molar-refractivity contribution is 0.0730. The summed E-state index contributed by atoms with van der Waals surface area (Å²) in [6.45, 7) is 3.73. The average molecular weight is 443 g/mol. The van der Waals surface area contributed by atoms with Crippen LogP contribution in [0, 0.1) is 5.92 Å². The molecule has 4 rings (SSSR count). The highest BCUT2D eigenvalue weighted by Gasteiger charge is 2.33. The molecule has 1 aliphatic carbocycles. The Morgan fingerprint density at radius 2 is 1.74 bits per heavy atom. The van der Waals surface area contributed by atoms with Gasteiger partial charge in [-0.2, -0.15) is 4.31 Å². The molecule has 2 aromatic carbocycles. The molecule has 1 unspecified atom stereocenters. The van der Waals surface area contributed by atoms with Gasteiger partial charge in [0.1, 0.15) is 5.75 Å². The number of benzene rings is 2. The second kappa shape index (κ2) is 9.01. The number of carbonyl (C=O) groups excluding carboxylic acids is 1. The number of hydrogen-bond acceptors (Lipinski definition) is 4. The summed E-state index contributed by atoms with van der Waals surface area (Å²) in [5, 5.41) is 0. The highest BCUT2D eigenvalue weighted by atomic mass is 32.2. The van der Waals surface area contributed by atoms with E-state index in [9.17, 15) is 13.2 Å². The number of ether oxygens (including phenoxy) is 1. The maximum absolute atomic E-state index is 13.2. The van der Waals surface area contributed by atoms with E-state index >= 15 is 0 Å². The van der Waals surface area contributed by atoms with E-state index in [1.54, 1.807) is 35.7 Å². The molecule has 1 aliphatic heterocycles. The highest BCUT2D eigenvalue weighted by molar-refractivity contribution is 7.89. The maximum atomic E-state index is 13.2. The second-order valence-corrected chi connectivity index (χ2v) is 10.6. The van der Waals surface area contributed by atoms with Crippen molar-refractivity contribution in [2.75, 3.05) is 20.2 Å². The minimum atomic E-state index is -3.52. The number of nitrogens with zero attached hydrogens (tertiary/aromatic N) is 2. The zero-order valence-electron chi connectivity index (χ0n) is 18.2. The largest absolute Gasteiger partial charge is 0.497 e. The first-order chi connectivity index (χ1) is 14.9.